The number of carbonyl (C=O) groups is 1. The lowest BCUT2D eigenvalue weighted by Gasteiger charge is -2.09. The van der Waals surface area contributed by atoms with E-state index in [9.17, 15) is 9.90 Å². The van der Waals surface area contributed by atoms with Crippen molar-refractivity contribution in [2.75, 3.05) is 14.2 Å². The Kier molecular flexibility index (Phi) is 3.38. The first-order chi connectivity index (χ1) is 10.6. The summed E-state index contributed by atoms with van der Waals surface area (Å²) in [6.07, 6.45) is 2.93. The molecule has 22 heavy (non-hydrogen) atoms. The SMILES string of the molecule is COc1ccc(OC)c(-c2cnc3[nH]cc(C(=O)O)c3n2)c1. The molecule has 7 nitrogen and oxygen atoms in total. The van der Waals surface area contributed by atoms with Crippen LogP contribution in [0.2, 0.25) is 0 Å². The molecule has 0 fully saturated rings. The van der Waals surface area contributed by atoms with Crippen LogP contribution in [0.15, 0.2) is 30.6 Å². The highest BCUT2D eigenvalue weighted by molar-refractivity contribution is 6.00. The average molecular weight is 299 g/mol. The molecule has 0 radical (unpaired) electrons. The van der Waals surface area contributed by atoms with Gasteiger partial charge in [0.25, 0.3) is 0 Å². The average Bonchev–Trinajstić information content (AvgIpc) is 2.97. The van der Waals surface area contributed by atoms with Crippen molar-refractivity contribution in [3.05, 3.63) is 36.2 Å². The van der Waals surface area contributed by atoms with Gasteiger partial charge in [-0.1, -0.05) is 0 Å². The Labute approximate surface area is 125 Å². The quantitative estimate of drug-likeness (QED) is 0.767. The first-order valence-electron chi connectivity index (χ1n) is 6.44. The standard InChI is InChI=1S/C15H13N3O4/c1-21-8-3-4-12(22-2)9(5-8)11-7-17-14-13(18-11)10(6-16-14)15(19)20/h3-7H,1-2H3,(H,16,17)(H,19,20). The van der Waals surface area contributed by atoms with Crippen LogP contribution in [0, 0.1) is 0 Å². The van der Waals surface area contributed by atoms with Crippen molar-refractivity contribution in [3.63, 3.8) is 0 Å². The van der Waals surface area contributed by atoms with Gasteiger partial charge in [-0.15, -0.1) is 0 Å². The lowest BCUT2D eigenvalue weighted by atomic mass is 10.1. The molecule has 0 unspecified atom stereocenters. The van der Waals surface area contributed by atoms with E-state index in [0.717, 1.165) is 0 Å². The van der Waals surface area contributed by atoms with E-state index in [1.807, 2.05) is 0 Å². The smallest absolute Gasteiger partial charge is 0.339 e. The summed E-state index contributed by atoms with van der Waals surface area (Å²) in [7, 11) is 3.12. The number of fused-ring (bicyclic) bond motifs is 1. The number of carboxylic acids is 1. The van der Waals surface area contributed by atoms with Gasteiger partial charge in [0.2, 0.25) is 0 Å². The predicted octanol–water partition coefficient (Wildman–Crippen LogP) is 2.34. The van der Waals surface area contributed by atoms with Gasteiger partial charge in [-0.25, -0.2) is 14.8 Å². The number of carboxylic acid groups (broad SMARTS) is 1. The summed E-state index contributed by atoms with van der Waals surface area (Å²) in [5.74, 6) is 0.183. The summed E-state index contributed by atoms with van der Waals surface area (Å²) in [6.45, 7) is 0. The zero-order valence-corrected chi connectivity index (χ0v) is 12.0. The van der Waals surface area contributed by atoms with E-state index < -0.39 is 5.97 Å². The lowest BCUT2D eigenvalue weighted by Crippen LogP contribution is -1.97. The molecular formula is C15H13N3O4. The molecule has 112 valence electrons. The summed E-state index contributed by atoms with van der Waals surface area (Å²) in [5, 5.41) is 9.18. The van der Waals surface area contributed by atoms with Crippen molar-refractivity contribution in [3.8, 4) is 22.8 Å². The Morgan fingerprint density at radius 1 is 1.27 bits per heavy atom. The molecule has 2 N–H and O–H groups in total. The number of hydrogen-bond acceptors (Lipinski definition) is 5. The highest BCUT2D eigenvalue weighted by Crippen LogP contribution is 2.32. The van der Waals surface area contributed by atoms with E-state index in [1.165, 1.54) is 6.20 Å². The molecule has 0 saturated carbocycles. The molecule has 0 aliphatic rings. The predicted molar refractivity (Wildman–Crippen MR) is 79.4 cm³/mol. The van der Waals surface area contributed by atoms with Crippen LogP contribution in [-0.4, -0.2) is 40.2 Å². The second-order valence-corrected chi connectivity index (χ2v) is 4.53. The van der Waals surface area contributed by atoms with Gasteiger partial charge in [0.15, 0.2) is 5.65 Å². The Hall–Kier alpha value is -3.09. The van der Waals surface area contributed by atoms with Crippen molar-refractivity contribution < 1.29 is 19.4 Å². The molecule has 3 rings (SSSR count). The van der Waals surface area contributed by atoms with Crippen LogP contribution in [0.3, 0.4) is 0 Å². The van der Waals surface area contributed by atoms with E-state index in [-0.39, 0.29) is 5.56 Å². The van der Waals surface area contributed by atoms with Gasteiger partial charge in [0.1, 0.15) is 22.6 Å². The summed E-state index contributed by atoms with van der Waals surface area (Å²) < 4.78 is 10.5. The Morgan fingerprint density at radius 2 is 2.09 bits per heavy atom. The minimum atomic E-state index is -1.06. The van der Waals surface area contributed by atoms with E-state index >= 15 is 0 Å². The van der Waals surface area contributed by atoms with Crippen LogP contribution < -0.4 is 9.47 Å². The van der Waals surface area contributed by atoms with Crippen LogP contribution in [0.1, 0.15) is 10.4 Å². The number of H-pyrrole nitrogens is 1. The van der Waals surface area contributed by atoms with Crippen LogP contribution >= 0.6 is 0 Å². The summed E-state index contributed by atoms with van der Waals surface area (Å²) >= 11 is 0. The maximum absolute atomic E-state index is 11.2. The third-order valence-electron chi connectivity index (χ3n) is 3.29. The first-order valence-corrected chi connectivity index (χ1v) is 6.44. The van der Waals surface area contributed by atoms with Crippen LogP contribution in [-0.2, 0) is 0 Å². The third-order valence-corrected chi connectivity index (χ3v) is 3.29. The Balaban J connectivity index is 2.21. The van der Waals surface area contributed by atoms with Crippen molar-refractivity contribution in [1.82, 2.24) is 15.0 Å². The van der Waals surface area contributed by atoms with Crippen molar-refractivity contribution in [2.45, 2.75) is 0 Å². The van der Waals surface area contributed by atoms with Gasteiger partial charge < -0.3 is 19.6 Å². The number of benzene rings is 1. The fraction of sp³-hybridized carbons (Fsp3) is 0.133. The third kappa shape index (κ3) is 2.22. The normalized spacial score (nSPS) is 10.6. The van der Waals surface area contributed by atoms with E-state index in [1.54, 1.807) is 38.6 Å². The Bertz CT molecular complexity index is 857. The van der Waals surface area contributed by atoms with Gasteiger partial charge in [-0.3, -0.25) is 0 Å². The number of hydrogen-bond donors (Lipinski definition) is 2. The molecule has 0 amide bonds. The molecule has 0 atom stereocenters. The van der Waals surface area contributed by atoms with Gasteiger partial charge in [0, 0.05) is 11.8 Å². The van der Waals surface area contributed by atoms with Gasteiger partial charge in [-0.2, -0.15) is 0 Å². The number of aromatic amines is 1. The molecular weight excluding hydrogens is 286 g/mol. The van der Waals surface area contributed by atoms with E-state index in [2.05, 4.69) is 15.0 Å². The second kappa shape index (κ2) is 5.36. The number of aromatic carboxylic acids is 1. The second-order valence-electron chi connectivity index (χ2n) is 4.53. The molecule has 0 spiro atoms. The van der Waals surface area contributed by atoms with Crippen LogP contribution in [0.4, 0.5) is 0 Å². The number of ether oxygens (including phenoxy) is 2. The molecule has 7 heteroatoms. The summed E-state index contributed by atoms with van der Waals surface area (Å²) in [5.41, 5.74) is 1.98. The lowest BCUT2D eigenvalue weighted by molar-refractivity contribution is 0.0699. The summed E-state index contributed by atoms with van der Waals surface area (Å²) in [6, 6.07) is 5.30. The van der Waals surface area contributed by atoms with E-state index in [0.29, 0.717) is 33.9 Å². The Morgan fingerprint density at radius 3 is 2.77 bits per heavy atom. The number of aromatic nitrogens is 3. The minimum Gasteiger partial charge on any atom is -0.497 e. The van der Waals surface area contributed by atoms with Crippen LogP contribution in [0.5, 0.6) is 11.5 Å². The molecule has 0 saturated heterocycles. The molecule has 2 aromatic heterocycles. The zero-order valence-electron chi connectivity index (χ0n) is 12.0. The number of methoxy groups -OCH3 is 2. The first kappa shape index (κ1) is 13.9. The van der Waals surface area contributed by atoms with Gasteiger partial charge >= 0.3 is 5.97 Å². The molecule has 0 aliphatic heterocycles. The highest BCUT2D eigenvalue weighted by atomic mass is 16.5. The fourth-order valence-corrected chi connectivity index (χ4v) is 2.20. The maximum Gasteiger partial charge on any atom is 0.339 e. The highest BCUT2D eigenvalue weighted by Gasteiger charge is 2.16. The summed E-state index contributed by atoms with van der Waals surface area (Å²) in [4.78, 5) is 22.6. The number of nitrogens with one attached hydrogen (secondary N) is 1. The van der Waals surface area contributed by atoms with Gasteiger partial charge in [0.05, 0.1) is 26.1 Å². The monoisotopic (exact) mass is 299 g/mol. The topological polar surface area (TPSA) is 97.3 Å². The van der Waals surface area contributed by atoms with Crippen molar-refractivity contribution in [1.29, 1.82) is 0 Å². The molecule has 2 heterocycles. The maximum atomic E-state index is 11.2. The van der Waals surface area contributed by atoms with Crippen molar-refractivity contribution >= 4 is 17.1 Å². The van der Waals surface area contributed by atoms with Crippen LogP contribution in [0.25, 0.3) is 22.4 Å². The zero-order chi connectivity index (χ0) is 15.7. The van der Waals surface area contributed by atoms with Gasteiger partial charge in [-0.05, 0) is 18.2 Å². The molecule has 1 aromatic carbocycles. The number of rotatable bonds is 4. The minimum absolute atomic E-state index is 0.0752. The fourth-order valence-electron chi connectivity index (χ4n) is 2.20. The molecule has 3 aromatic rings. The largest absolute Gasteiger partial charge is 0.497 e. The van der Waals surface area contributed by atoms with E-state index in [4.69, 9.17) is 9.47 Å². The molecule has 0 bridgehead atoms. The molecule has 0 aliphatic carbocycles. The number of nitrogens with zero attached hydrogens (tertiary/aromatic N) is 2. The van der Waals surface area contributed by atoms with Crippen molar-refractivity contribution in [2.24, 2.45) is 0 Å².